The van der Waals surface area contributed by atoms with E-state index >= 15 is 0 Å². The lowest BCUT2D eigenvalue weighted by Gasteiger charge is -2.36. The fourth-order valence-electron chi connectivity index (χ4n) is 3.17. The number of piperidine rings is 1. The Morgan fingerprint density at radius 2 is 2.37 bits per heavy atom. The first kappa shape index (κ1) is 12.5. The maximum absolute atomic E-state index is 9.27. The Kier molecular flexibility index (Phi) is 3.20. The van der Waals surface area contributed by atoms with Gasteiger partial charge in [0.1, 0.15) is 5.75 Å². The molecule has 2 aliphatic rings. The quantitative estimate of drug-likeness (QED) is 0.816. The second-order valence-electron chi connectivity index (χ2n) is 6.03. The van der Waals surface area contributed by atoms with Gasteiger partial charge in [0.25, 0.3) is 0 Å². The third kappa shape index (κ3) is 2.59. The predicted molar refractivity (Wildman–Crippen MR) is 73.9 cm³/mol. The number of likely N-dealkylation sites (tertiary alicyclic amines) is 1. The first-order valence-electron chi connectivity index (χ1n) is 7.07. The molecule has 19 heavy (non-hydrogen) atoms. The molecule has 0 spiro atoms. The monoisotopic (exact) mass is 256 g/mol. The predicted octanol–water partition coefficient (Wildman–Crippen LogP) is 2.75. The minimum absolute atomic E-state index is 0.169. The molecular formula is C16H20N2O. The largest absolute Gasteiger partial charge is 0.493 e. The van der Waals surface area contributed by atoms with Crippen LogP contribution < -0.4 is 4.74 Å². The maximum Gasteiger partial charge on any atom is 0.122 e. The van der Waals surface area contributed by atoms with Gasteiger partial charge in [0.15, 0.2) is 0 Å². The first-order chi connectivity index (χ1) is 9.18. The molecule has 1 fully saturated rings. The minimum atomic E-state index is -0.169. The van der Waals surface area contributed by atoms with Crippen molar-refractivity contribution in [3.8, 4) is 11.8 Å². The highest BCUT2D eigenvalue weighted by Gasteiger charge is 2.30. The van der Waals surface area contributed by atoms with Crippen LogP contribution in [0, 0.1) is 16.7 Å². The molecule has 1 aromatic rings. The zero-order valence-electron chi connectivity index (χ0n) is 11.5. The molecule has 3 nitrogen and oxygen atoms in total. The third-order valence-electron chi connectivity index (χ3n) is 4.21. The van der Waals surface area contributed by atoms with Gasteiger partial charge in [-0.2, -0.15) is 5.26 Å². The second kappa shape index (κ2) is 4.86. The number of fused-ring (bicyclic) bond motifs is 1. The summed E-state index contributed by atoms with van der Waals surface area (Å²) in [5.41, 5.74) is 2.50. The number of benzene rings is 1. The van der Waals surface area contributed by atoms with Crippen LogP contribution in [0.1, 0.15) is 30.9 Å². The maximum atomic E-state index is 9.27. The lowest BCUT2D eigenvalue weighted by molar-refractivity contribution is 0.137. The lowest BCUT2D eigenvalue weighted by Crippen LogP contribution is -2.40. The van der Waals surface area contributed by atoms with Crippen molar-refractivity contribution >= 4 is 0 Å². The van der Waals surface area contributed by atoms with E-state index in [1.807, 2.05) is 0 Å². The summed E-state index contributed by atoms with van der Waals surface area (Å²) in [6.45, 7) is 5.83. The van der Waals surface area contributed by atoms with Crippen molar-refractivity contribution < 1.29 is 4.74 Å². The molecule has 0 N–H and O–H groups in total. The van der Waals surface area contributed by atoms with Gasteiger partial charge in [0, 0.05) is 19.5 Å². The SMILES string of the molecule is CC1(C#N)CCCN(Cc2ccc3c(c2)CCO3)C1. The molecule has 1 unspecified atom stereocenters. The number of rotatable bonds is 2. The molecule has 2 aliphatic heterocycles. The molecular weight excluding hydrogens is 236 g/mol. The van der Waals surface area contributed by atoms with Crippen molar-refractivity contribution in [3.63, 3.8) is 0 Å². The van der Waals surface area contributed by atoms with Crippen molar-refractivity contribution in [1.29, 1.82) is 5.26 Å². The van der Waals surface area contributed by atoms with Crippen LogP contribution in [-0.2, 0) is 13.0 Å². The highest BCUT2D eigenvalue weighted by atomic mass is 16.5. The van der Waals surface area contributed by atoms with Crippen LogP contribution in [0.4, 0.5) is 0 Å². The Morgan fingerprint density at radius 1 is 1.47 bits per heavy atom. The molecule has 1 atom stereocenters. The van der Waals surface area contributed by atoms with Crippen LogP contribution in [0.2, 0.25) is 0 Å². The summed E-state index contributed by atoms with van der Waals surface area (Å²) >= 11 is 0. The third-order valence-corrected chi connectivity index (χ3v) is 4.21. The van der Waals surface area contributed by atoms with E-state index < -0.39 is 0 Å². The number of hydrogen-bond acceptors (Lipinski definition) is 3. The van der Waals surface area contributed by atoms with Crippen LogP contribution in [0.25, 0.3) is 0 Å². The van der Waals surface area contributed by atoms with E-state index in [2.05, 4.69) is 36.1 Å². The Morgan fingerprint density at radius 3 is 3.21 bits per heavy atom. The second-order valence-corrected chi connectivity index (χ2v) is 6.03. The average Bonchev–Trinajstić information content (AvgIpc) is 2.86. The minimum Gasteiger partial charge on any atom is -0.493 e. The average molecular weight is 256 g/mol. The van der Waals surface area contributed by atoms with E-state index in [1.54, 1.807) is 0 Å². The highest BCUT2D eigenvalue weighted by Crippen LogP contribution is 2.30. The Hall–Kier alpha value is -1.53. The normalized spacial score (nSPS) is 26.5. The molecule has 100 valence electrons. The summed E-state index contributed by atoms with van der Waals surface area (Å²) in [6, 6.07) is 8.98. The molecule has 0 aromatic heterocycles. The molecule has 0 amide bonds. The van der Waals surface area contributed by atoms with Gasteiger partial charge in [0.05, 0.1) is 18.1 Å². The Labute approximate surface area is 114 Å². The fourth-order valence-corrected chi connectivity index (χ4v) is 3.17. The molecule has 1 saturated heterocycles. The molecule has 1 aromatic carbocycles. The van der Waals surface area contributed by atoms with Crippen molar-refractivity contribution in [2.24, 2.45) is 5.41 Å². The van der Waals surface area contributed by atoms with Crippen LogP contribution in [0.15, 0.2) is 18.2 Å². The summed E-state index contributed by atoms with van der Waals surface area (Å²) in [6.07, 6.45) is 3.18. The lowest BCUT2D eigenvalue weighted by atomic mass is 9.83. The van der Waals surface area contributed by atoms with Crippen LogP contribution >= 0.6 is 0 Å². The summed E-state index contributed by atoms with van der Waals surface area (Å²) < 4.78 is 5.54. The van der Waals surface area contributed by atoms with Crippen LogP contribution in [-0.4, -0.2) is 24.6 Å². The van der Waals surface area contributed by atoms with Crippen molar-refractivity contribution in [1.82, 2.24) is 4.90 Å². The van der Waals surface area contributed by atoms with Crippen molar-refractivity contribution in [2.75, 3.05) is 19.7 Å². The standard InChI is InChI=1S/C16H20N2O/c1-16(11-17)6-2-7-18(12-16)10-13-3-4-15-14(9-13)5-8-19-15/h3-4,9H,2,5-8,10,12H2,1H3. The fraction of sp³-hybridized carbons (Fsp3) is 0.562. The summed E-state index contributed by atoms with van der Waals surface area (Å²) in [7, 11) is 0. The van der Waals surface area contributed by atoms with Crippen molar-refractivity contribution in [2.45, 2.75) is 32.7 Å². The van der Waals surface area contributed by atoms with Gasteiger partial charge >= 0.3 is 0 Å². The molecule has 3 heteroatoms. The highest BCUT2D eigenvalue weighted by molar-refractivity contribution is 5.39. The zero-order chi connectivity index (χ0) is 13.3. The van der Waals surface area contributed by atoms with E-state index in [9.17, 15) is 5.26 Å². The smallest absolute Gasteiger partial charge is 0.122 e. The van der Waals surface area contributed by atoms with Gasteiger partial charge in [-0.1, -0.05) is 12.1 Å². The number of hydrogen-bond donors (Lipinski definition) is 0. The molecule has 2 heterocycles. The van der Waals surface area contributed by atoms with Gasteiger partial charge in [-0.3, -0.25) is 4.90 Å². The topological polar surface area (TPSA) is 36.3 Å². The van der Waals surface area contributed by atoms with Gasteiger partial charge < -0.3 is 4.74 Å². The van der Waals surface area contributed by atoms with Gasteiger partial charge in [-0.05, 0) is 43.5 Å². The first-order valence-corrected chi connectivity index (χ1v) is 7.07. The van der Waals surface area contributed by atoms with Gasteiger partial charge in [-0.25, -0.2) is 0 Å². The molecule has 0 radical (unpaired) electrons. The van der Waals surface area contributed by atoms with E-state index in [-0.39, 0.29) is 5.41 Å². The summed E-state index contributed by atoms with van der Waals surface area (Å²) in [4.78, 5) is 2.41. The molecule has 0 saturated carbocycles. The van der Waals surface area contributed by atoms with Gasteiger partial charge in [0.2, 0.25) is 0 Å². The van der Waals surface area contributed by atoms with E-state index in [0.717, 1.165) is 51.3 Å². The summed E-state index contributed by atoms with van der Waals surface area (Å²) in [5, 5.41) is 9.27. The Bertz CT molecular complexity index is 520. The Balaban J connectivity index is 1.70. The number of nitriles is 1. The van der Waals surface area contributed by atoms with E-state index in [4.69, 9.17) is 4.74 Å². The van der Waals surface area contributed by atoms with Crippen LogP contribution in [0.5, 0.6) is 5.75 Å². The molecule has 0 aliphatic carbocycles. The van der Waals surface area contributed by atoms with E-state index in [1.165, 1.54) is 11.1 Å². The molecule has 3 rings (SSSR count). The van der Waals surface area contributed by atoms with Crippen molar-refractivity contribution in [3.05, 3.63) is 29.3 Å². The van der Waals surface area contributed by atoms with Gasteiger partial charge in [-0.15, -0.1) is 0 Å². The summed E-state index contributed by atoms with van der Waals surface area (Å²) in [5.74, 6) is 1.05. The number of ether oxygens (including phenoxy) is 1. The molecule has 0 bridgehead atoms. The van der Waals surface area contributed by atoms with Crippen LogP contribution in [0.3, 0.4) is 0 Å². The van der Waals surface area contributed by atoms with E-state index in [0.29, 0.717) is 0 Å². The number of nitrogens with zero attached hydrogens (tertiary/aromatic N) is 2. The zero-order valence-corrected chi connectivity index (χ0v) is 11.5.